The van der Waals surface area contributed by atoms with Gasteiger partial charge in [-0.2, -0.15) is 0 Å². The van der Waals surface area contributed by atoms with Crippen LogP contribution >= 0.6 is 11.6 Å². The van der Waals surface area contributed by atoms with Crippen LogP contribution < -0.4 is 10.1 Å². The minimum atomic E-state index is -3.18. The Morgan fingerprint density at radius 2 is 1.95 bits per heavy atom. The topological polar surface area (TPSA) is 55.4 Å². The Balaban J connectivity index is 2.63. The summed E-state index contributed by atoms with van der Waals surface area (Å²) < 4.78 is 28.6. The van der Waals surface area contributed by atoms with Gasteiger partial charge in [-0.25, -0.2) is 8.42 Å². The van der Waals surface area contributed by atoms with E-state index < -0.39 is 14.6 Å². The molecule has 0 aliphatic rings. The lowest BCUT2D eigenvalue weighted by Crippen LogP contribution is -2.32. The molecular formula is C14H22ClNO3S. The summed E-state index contributed by atoms with van der Waals surface area (Å²) in [7, 11) is -1.32. The van der Waals surface area contributed by atoms with Crippen molar-refractivity contribution in [3.63, 3.8) is 0 Å². The fourth-order valence-corrected chi connectivity index (χ4v) is 2.72. The molecule has 1 aromatic carbocycles. The van der Waals surface area contributed by atoms with Gasteiger partial charge in [0.05, 0.1) is 15.5 Å². The number of ether oxygens (including phenoxy) is 1. The standard InChI is InChI=1S/C14H22ClNO3S/c1-14(2,3)20(17,18)8-7-19-13-6-5-11(10-16-4)9-12(13)15/h5-6,9,16H,7-8,10H2,1-4H3. The third-order valence-corrected chi connectivity index (χ3v) is 5.79. The zero-order valence-corrected chi connectivity index (χ0v) is 13.9. The van der Waals surface area contributed by atoms with Crippen molar-refractivity contribution < 1.29 is 13.2 Å². The van der Waals surface area contributed by atoms with E-state index in [1.165, 1.54) is 0 Å². The van der Waals surface area contributed by atoms with Gasteiger partial charge in [0.2, 0.25) is 0 Å². The van der Waals surface area contributed by atoms with E-state index >= 15 is 0 Å². The monoisotopic (exact) mass is 319 g/mol. The van der Waals surface area contributed by atoms with Crippen molar-refractivity contribution in [1.82, 2.24) is 5.32 Å². The molecule has 114 valence electrons. The lowest BCUT2D eigenvalue weighted by atomic mass is 10.2. The second kappa shape index (κ2) is 6.78. The quantitative estimate of drug-likeness (QED) is 0.876. The van der Waals surface area contributed by atoms with E-state index in [2.05, 4.69) is 5.32 Å². The van der Waals surface area contributed by atoms with Crippen molar-refractivity contribution in [3.8, 4) is 5.75 Å². The average Bonchev–Trinajstić information content (AvgIpc) is 2.30. The third-order valence-electron chi connectivity index (χ3n) is 2.92. The minimum absolute atomic E-state index is 0.0227. The summed E-state index contributed by atoms with van der Waals surface area (Å²) in [6, 6.07) is 5.47. The number of benzene rings is 1. The Bertz CT molecular complexity index is 550. The summed E-state index contributed by atoms with van der Waals surface area (Å²) in [5.74, 6) is 0.487. The molecule has 0 radical (unpaired) electrons. The van der Waals surface area contributed by atoms with Crippen molar-refractivity contribution in [3.05, 3.63) is 28.8 Å². The molecule has 0 heterocycles. The number of rotatable bonds is 6. The number of hydrogen-bond acceptors (Lipinski definition) is 4. The molecule has 1 N–H and O–H groups in total. The molecule has 0 bridgehead atoms. The summed E-state index contributed by atoms with van der Waals surface area (Å²) in [6.45, 7) is 5.87. The van der Waals surface area contributed by atoms with Crippen molar-refractivity contribution in [2.75, 3.05) is 19.4 Å². The van der Waals surface area contributed by atoms with Crippen LogP contribution in [0.4, 0.5) is 0 Å². The smallest absolute Gasteiger partial charge is 0.158 e. The van der Waals surface area contributed by atoms with Crippen LogP contribution in [-0.2, 0) is 16.4 Å². The number of halogens is 1. The van der Waals surface area contributed by atoms with Gasteiger partial charge in [0, 0.05) is 6.54 Å². The van der Waals surface area contributed by atoms with Gasteiger partial charge in [0.1, 0.15) is 12.4 Å². The molecule has 0 aromatic heterocycles. The van der Waals surface area contributed by atoms with Crippen LogP contribution in [0, 0.1) is 0 Å². The minimum Gasteiger partial charge on any atom is -0.491 e. The van der Waals surface area contributed by atoms with E-state index in [0.717, 1.165) is 12.1 Å². The molecule has 0 saturated carbocycles. The first-order valence-electron chi connectivity index (χ1n) is 6.45. The molecule has 0 aliphatic carbocycles. The molecule has 0 amide bonds. The number of sulfone groups is 1. The lowest BCUT2D eigenvalue weighted by molar-refractivity contribution is 0.340. The van der Waals surface area contributed by atoms with Crippen LogP contribution in [0.1, 0.15) is 26.3 Å². The SMILES string of the molecule is CNCc1ccc(OCCS(=O)(=O)C(C)(C)C)c(Cl)c1. The molecular weight excluding hydrogens is 298 g/mol. The number of nitrogens with one attached hydrogen (secondary N) is 1. The molecule has 0 unspecified atom stereocenters. The summed E-state index contributed by atoms with van der Waals surface area (Å²) in [6.07, 6.45) is 0. The molecule has 6 heteroatoms. The second-order valence-electron chi connectivity index (χ2n) is 5.57. The third kappa shape index (κ3) is 4.65. The van der Waals surface area contributed by atoms with Gasteiger partial charge in [-0.15, -0.1) is 0 Å². The molecule has 4 nitrogen and oxygen atoms in total. The molecule has 0 aliphatic heterocycles. The summed E-state index contributed by atoms with van der Waals surface area (Å²) in [4.78, 5) is 0. The Hall–Kier alpha value is -0.780. The zero-order valence-electron chi connectivity index (χ0n) is 12.4. The molecule has 1 rings (SSSR count). The van der Waals surface area contributed by atoms with Crippen molar-refractivity contribution in [2.45, 2.75) is 32.1 Å². The Morgan fingerprint density at radius 3 is 2.45 bits per heavy atom. The first-order valence-corrected chi connectivity index (χ1v) is 8.48. The van der Waals surface area contributed by atoms with Crippen LogP contribution in [0.5, 0.6) is 5.75 Å². The fourth-order valence-electron chi connectivity index (χ4n) is 1.54. The second-order valence-corrected chi connectivity index (χ2v) is 8.84. The van der Waals surface area contributed by atoms with E-state index in [-0.39, 0.29) is 12.4 Å². The largest absolute Gasteiger partial charge is 0.491 e. The highest BCUT2D eigenvalue weighted by Gasteiger charge is 2.28. The molecule has 0 spiro atoms. The first-order chi connectivity index (χ1) is 9.17. The van der Waals surface area contributed by atoms with Crippen molar-refractivity contribution in [2.24, 2.45) is 0 Å². The van der Waals surface area contributed by atoms with E-state index in [0.29, 0.717) is 10.8 Å². The van der Waals surface area contributed by atoms with Gasteiger partial charge in [-0.1, -0.05) is 17.7 Å². The van der Waals surface area contributed by atoms with Gasteiger partial charge >= 0.3 is 0 Å². The highest BCUT2D eigenvalue weighted by molar-refractivity contribution is 7.92. The van der Waals surface area contributed by atoms with Gasteiger partial charge in [0.15, 0.2) is 9.84 Å². The highest BCUT2D eigenvalue weighted by atomic mass is 35.5. The van der Waals surface area contributed by atoms with E-state index in [4.69, 9.17) is 16.3 Å². The maximum absolute atomic E-state index is 11.9. The maximum atomic E-state index is 11.9. The first kappa shape index (κ1) is 17.3. The highest BCUT2D eigenvalue weighted by Crippen LogP contribution is 2.26. The van der Waals surface area contributed by atoms with Gasteiger partial charge in [-0.05, 0) is 45.5 Å². The molecule has 0 saturated heterocycles. The maximum Gasteiger partial charge on any atom is 0.158 e. The van der Waals surface area contributed by atoms with Crippen LogP contribution in [0.25, 0.3) is 0 Å². The van der Waals surface area contributed by atoms with Gasteiger partial charge < -0.3 is 10.1 Å². The zero-order chi connectivity index (χ0) is 15.4. The van der Waals surface area contributed by atoms with E-state index in [1.807, 2.05) is 19.2 Å². The molecule has 20 heavy (non-hydrogen) atoms. The van der Waals surface area contributed by atoms with Crippen LogP contribution in [-0.4, -0.2) is 32.6 Å². The summed E-state index contributed by atoms with van der Waals surface area (Å²) in [5, 5.41) is 3.52. The Labute approximate surface area is 126 Å². The van der Waals surface area contributed by atoms with Gasteiger partial charge in [-0.3, -0.25) is 0 Å². The van der Waals surface area contributed by atoms with Gasteiger partial charge in [0.25, 0.3) is 0 Å². The summed E-state index contributed by atoms with van der Waals surface area (Å²) in [5.41, 5.74) is 1.05. The Kier molecular flexibility index (Phi) is 5.86. The summed E-state index contributed by atoms with van der Waals surface area (Å²) >= 11 is 6.10. The molecule has 0 fully saturated rings. The van der Waals surface area contributed by atoms with Crippen LogP contribution in [0.3, 0.4) is 0 Å². The van der Waals surface area contributed by atoms with E-state index in [1.54, 1.807) is 26.8 Å². The van der Waals surface area contributed by atoms with Crippen LogP contribution in [0.2, 0.25) is 5.02 Å². The van der Waals surface area contributed by atoms with E-state index in [9.17, 15) is 8.42 Å². The predicted molar refractivity (Wildman–Crippen MR) is 83.3 cm³/mol. The Morgan fingerprint density at radius 1 is 1.30 bits per heavy atom. The van der Waals surface area contributed by atoms with Crippen molar-refractivity contribution >= 4 is 21.4 Å². The molecule has 0 atom stereocenters. The van der Waals surface area contributed by atoms with Crippen LogP contribution in [0.15, 0.2) is 18.2 Å². The number of hydrogen-bond donors (Lipinski definition) is 1. The molecule has 1 aromatic rings. The normalized spacial score (nSPS) is 12.4. The average molecular weight is 320 g/mol. The van der Waals surface area contributed by atoms with Crippen molar-refractivity contribution in [1.29, 1.82) is 0 Å². The fraction of sp³-hybridized carbons (Fsp3) is 0.571. The lowest BCUT2D eigenvalue weighted by Gasteiger charge is -2.19. The predicted octanol–water partition coefficient (Wildman–Crippen LogP) is 2.65.